The van der Waals surface area contributed by atoms with Gasteiger partial charge in [0, 0.05) is 5.75 Å². The van der Waals surface area contributed by atoms with E-state index in [2.05, 4.69) is 37.5 Å². The molecule has 0 aliphatic carbocycles. The number of aryl methyl sites for hydroxylation is 4. The summed E-state index contributed by atoms with van der Waals surface area (Å²) in [6, 6.07) is 4.32. The second-order valence-electron chi connectivity index (χ2n) is 5.77. The zero-order chi connectivity index (χ0) is 16.3. The van der Waals surface area contributed by atoms with Crippen molar-refractivity contribution in [3.63, 3.8) is 0 Å². The quantitative estimate of drug-likeness (QED) is 0.464. The second-order valence-corrected chi connectivity index (χ2v) is 7.30. The van der Waals surface area contributed by atoms with Gasteiger partial charge in [-0.25, -0.2) is 17.6 Å². The van der Waals surface area contributed by atoms with Crippen LogP contribution >= 0.6 is 0 Å². The Labute approximate surface area is 132 Å². The molecular weight excluding hydrogens is 300 g/mol. The van der Waals surface area contributed by atoms with Gasteiger partial charge >= 0.3 is 0 Å². The zero-order valence-corrected chi connectivity index (χ0v) is 14.1. The fraction of sp³-hybridized carbons (Fsp3) is 0.438. The van der Waals surface area contributed by atoms with Gasteiger partial charge in [0.25, 0.3) is 0 Å². The van der Waals surface area contributed by atoms with E-state index in [-0.39, 0.29) is 5.75 Å². The van der Waals surface area contributed by atoms with Gasteiger partial charge in [-0.05, 0) is 44.7 Å². The highest BCUT2D eigenvalue weighted by molar-refractivity contribution is 7.85. The van der Waals surface area contributed by atoms with E-state index < -0.39 is 10.1 Å². The standard InChI is InChI=1S/C16H22N2O3S/c1-13-10-14(2)16(15(3)11-13)18-8-7-17(12-18)6-4-5-9-22(19,20)21/h7-8,10-12H,4-6,9H2,1-3H3. The van der Waals surface area contributed by atoms with Crippen LogP contribution in [0, 0.1) is 20.8 Å². The van der Waals surface area contributed by atoms with E-state index in [1.165, 1.54) is 22.4 Å². The largest absolute Gasteiger partial charge is 0.748 e. The van der Waals surface area contributed by atoms with Crippen LogP contribution in [-0.4, -0.2) is 23.3 Å². The summed E-state index contributed by atoms with van der Waals surface area (Å²) in [6.45, 7) is 6.98. The maximum atomic E-state index is 10.6. The molecule has 5 nitrogen and oxygen atoms in total. The molecule has 0 amide bonds. The van der Waals surface area contributed by atoms with Crippen LogP contribution in [-0.2, 0) is 16.7 Å². The van der Waals surface area contributed by atoms with Crippen LogP contribution in [0.5, 0.6) is 0 Å². The number of hydrogen-bond acceptors (Lipinski definition) is 3. The summed E-state index contributed by atoms with van der Waals surface area (Å²) in [5.41, 5.74) is 4.86. The first-order valence-electron chi connectivity index (χ1n) is 7.35. The Morgan fingerprint density at radius 3 is 2.36 bits per heavy atom. The number of rotatable bonds is 6. The second kappa shape index (κ2) is 6.62. The van der Waals surface area contributed by atoms with E-state index in [0.29, 0.717) is 19.4 Å². The molecule has 0 fully saturated rings. The minimum absolute atomic E-state index is 0.287. The molecule has 0 N–H and O–H groups in total. The van der Waals surface area contributed by atoms with Crippen LogP contribution in [0.25, 0.3) is 5.69 Å². The van der Waals surface area contributed by atoms with E-state index in [4.69, 9.17) is 0 Å². The summed E-state index contributed by atoms with van der Waals surface area (Å²) >= 11 is 0. The lowest BCUT2D eigenvalue weighted by Gasteiger charge is -2.07. The Balaban J connectivity index is 2.06. The Bertz CT molecular complexity index is 740. The van der Waals surface area contributed by atoms with E-state index in [1.54, 1.807) is 0 Å². The number of aromatic nitrogens is 2. The third-order valence-corrected chi connectivity index (χ3v) is 4.43. The highest BCUT2D eigenvalue weighted by atomic mass is 32.2. The molecule has 0 aliphatic rings. The van der Waals surface area contributed by atoms with Gasteiger partial charge in [0.2, 0.25) is 6.33 Å². The van der Waals surface area contributed by atoms with E-state index in [1.807, 2.05) is 23.3 Å². The Kier molecular flexibility index (Phi) is 5.03. The normalized spacial score (nSPS) is 11.8. The first-order valence-corrected chi connectivity index (χ1v) is 8.93. The van der Waals surface area contributed by atoms with Crippen LogP contribution in [0.3, 0.4) is 0 Å². The number of imidazole rings is 1. The molecule has 1 heterocycles. The molecule has 0 atom stereocenters. The summed E-state index contributed by atoms with van der Waals surface area (Å²) in [6.07, 6.45) is 7.02. The minimum atomic E-state index is -4.10. The van der Waals surface area contributed by atoms with Gasteiger partial charge in [0.15, 0.2) is 0 Å². The lowest BCUT2D eigenvalue weighted by molar-refractivity contribution is -0.696. The molecule has 0 spiro atoms. The van der Waals surface area contributed by atoms with Crippen LogP contribution in [0.4, 0.5) is 0 Å². The van der Waals surface area contributed by atoms with Crippen molar-refractivity contribution in [2.24, 2.45) is 0 Å². The van der Waals surface area contributed by atoms with Crippen molar-refractivity contribution in [2.45, 2.75) is 40.2 Å². The van der Waals surface area contributed by atoms with E-state index >= 15 is 0 Å². The maximum Gasteiger partial charge on any atom is 0.248 e. The number of benzene rings is 1. The van der Waals surface area contributed by atoms with Crippen molar-refractivity contribution in [3.05, 3.63) is 47.5 Å². The molecule has 0 saturated heterocycles. The smallest absolute Gasteiger partial charge is 0.248 e. The Hall–Kier alpha value is -1.66. The number of nitrogens with zero attached hydrogens (tertiary/aromatic N) is 2. The van der Waals surface area contributed by atoms with Crippen molar-refractivity contribution in [1.82, 2.24) is 4.57 Å². The van der Waals surface area contributed by atoms with Crippen molar-refractivity contribution < 1.29 is 17.5 Å². The van der Waals surface area contributed by atoms with Crippen molar-refractivity contribution >= 4 is 10.1 Å². The molecule has 0 saturated carbocycles. The molecule has 6 heteroatoms. The summed E-state index contributed by atoms with van der Waals surface area (Å²) in [7, 11) is -4.10. The van der Waals surface area contributed by atoms with Gasteiger partial charge in [0.05, 0.1) is 16.7 Å². The highest BCUT2D eigenvalue weighted by Crippen LogP contribution is 2.20. The monoisotopic (exact) mass is 322 g/mol. The van der Waals surface area contributed by atoms with Gasteiger partial charge in [-0.3, -0.25) is 0 Å². The zero-order valence-electron chi connectivity index (χ0n) is 13.2. The summed E-state index contributed by atoms with van der Waals surface area (Å²) in [5, 5.41) is 0. The molecule has 0 unspecified atom stereocenters. The fourth-order valence-electron chi connectivity index (χ4n) is 2.81. The molecule has 120 valence electrons. The average Bonchev–Trinajstić information content (AvgIpc) is 2.81. The van der Waals surface area contributed by atoms with Crippen LogP contribution in [0.2, 0.25) is 0 Å². The van der Waals surface area contributed by atoms with Crippen LogP contribution < -0.4 is 4.57 Å². The van der Waals surface area contributed by atoms with Crippen molar-refractivity contribution in [1.29, 1.82) is 0 Å². The lowest BCUT2D eigenvalue weighted by Crippen LogP contribution is -2.31. The molecule has 0 bridgehead atoms. The highest BCUT2D eigenvalue weighted by Gasteiger charge is 2.12. The van der Waals surface area contributed by atoms with E-state index in [0.717, 1.165) is 0 Å². The molecule has 1 aromatic carbocycles. The molecule has 0 radical (unpaired) electrons. The predicted molar refractivity (Wildman–Crippen MR) is 84.0 cm³/mol. The number of hydrogen-bond donors (Lipinski definition) is 0. The van der Waals surface area contributed by atoms with Gasteiger partial charge in [-0.1, -0.05) is 17.7 Å². The van der Waals surface area contributed by atoms with Gasteiger partial charge < -0.3 is 4.55 Å². The molecule has 1 aromatic heterocycles. The summed E-state index contributed by atoms with van der Waals surface area (Å²) < 4.78 is 35.8. The van der Waals surface area contributed by atoms with E-state index in [9.17, 15) is 13.0 Å². The topological polar surface area (TPSA) is 66.0 Å². The van der Waals surface area contributed by atoms with Crippen LogP contribution in [0.1, 0.15) is 29.5 Å². The summed E-state index contributed by atoms with van der Waals surface area (Å²) in [5.74, 6) is -0.287. The third-order valence-electron chi connectivity index (χ3n) is 3.65. The fourth-order valence-corrected chi connectivity index (χ4v) is 3.37. The average molecular weight is 322 g/mol. The van der Waals surface area contributed by atoms with Crippen molar-refractivity contribution in [3.8, 4) is 5.69 Å². The first kappa shape index (κ1) is 16.7. The molecule has 2 aromatic rings. The molecular formula is C16H22N2O3S. The van der Waals surface area contributed by atoms with Gasteiger partial charge in [-0.15, -0.1) is 0 Å². The van der Waals surface area contributed by atoms with Gasteiger partial charge in [-0.2, -0.15) is 0 Å². The Morgan fingerprint density at radius 2 is 1.77 bits per heavy atom. The molecule has 2 rings (SSSR count). The van der Waals surface area contributed by atoms with Crippen molar-refractivity contribution in [2.75, 3.05) is 5.75 Å². The maximum absolute atomic E-state index is 10.6. The lowest BCUT2D eigenvalue weighted by atomic mass is 10.1. The first-order chi connectivity index (χ1) is 10.3. The SMILES string of the molecule is Cc1cc(C)c(-n2cc[n+](CCCCS(=O)(=O)[O-])c2)c(C)c1. The number of unbranched alkanes of at least 4 members (excludes halogenated alkanes) is 1. The van der Waals surface area contributed by atoms with Gasteiger partial charge in [0.1, 0.15) is 18.1 Å². The van der Waals surface area contributed by atoms with Crippen LogP contribution in [0.15, 0.2) is 30.9 Å². The minimum Gasteiger partial charge on any atom is -0.748 e. The molecule has 0 aliphatic heterocycles. The molecule has 22 heavy (non-hydrogen) atoms. The summed E-state index contributed by atoms with van der Waals surface area (Å²) in [4.78, 5) is 0. The third kappa shape index (κ3) is 4.42. The Morgan fingerprint density at radius 1 is 1.14 bits per heavy atom. The predicted octanol–water partition coefficient (Wildman–Crippen LogP) is 2.02.